The summed E-state index contributed by atoms with van der Waals surface area (Å²) in [6.45, 7) is 7.58. The molecule has 1 saturated heterocycles. The van der Waals surface area contributed by atoms with E-state index in [1.165, 1.54) is 18.6 Å². The minimum Gasteiger partial charge on any atom is -0.356 e. The van der Waals surface area contributed by atoms with Gasteiger partial charge in [0, 0.05) is 31.9 Å². The normalized spacial score (nSPS) is 20.9. The molecule has 1 fully saturated rings. The molecule has 1 rings (SSSR count). The number of nitrogens with one attached hydrogen (secondary N) is 2. The molecule has 0 bridgehead atoms. The van der Waals surface area contributed by atoms with Gasteiger partial charge in [0.1, 0.15) is 0 Å². The third-order valence-electron chi connectivity index (χ3n) is 3.22. The van der Waals surface area contributed by atoms with Crippen LogP contribution >= 0.6 is 11.8 Å². The van der Waals surface area contributed by atoms with Gasteiger partial charge in [-0.3, -0.25) is 4.99 Å². The highest BCUT2D eigenvalue weighted by atomic mass is 32.2. The molecule has 1 aliphatic heterocycles. The molecule has 1 atom stereocenters. The number of aliphatic imine (C=N–C) groups is 1. The topological polar surface area (TPSA) is 39.7 Å². The van der Waals surface area contributed by atoms with E-state index in [9.17, 15) is 0 Å². The van der Waals surface area contributed by atoms with Gasteiger partial charge < -0.3 is 15.5 Å². The van der Waals surface area contributed by atoms with Gasteiger partial charge in [-0.25, -0.2) is 0 Å². The van der Waals surface area contributed by atoms with Crippen LogP contribution in [0.2, 0.25) is 0 Å². The van der Waals surface area contributed by atoms with E-state index in [0.29, 0.717) is 0 Å². The summed E-state index contributed by atoms with van der Waals surface area (Å²) in [5, 5.41) is 7.64. The van der Waals surface area contributed by atoms with Crippen LogP contribution in [0.25, 0.3) is 0 Å². The largest absolute Gasteiger partial charge is 0.356 e. The molecule has 0 aromatic rings. The second-order valence-electron chi connectivity index (χ2n) is 6.34. The predicted octanol–water partition coefficient (Wildman–Crippen LogP) is 1.63. The molecular formula is C14H30N4S. The molecule has 4 nitrogen and oxygen atoms in total. The van der Waals surface area contributed by atoms with Crippen molar-refractivity contribution in [2.45, 2.75) is 31.9 Å². The van der Waals surface area contributed by atoms with E-state index < -0.39 is 0 Å². The first-order valence-corrected chi connectivity index (χ1v) is 8.19. The molecule has 1 unspecified atom stereocenters. The zero-order valence-electron chi connectivity index (χ0n) is 13.1. The number of rotatable bonds is 6. The van der Waals surface area contributed by atoms with E-state index >= 15 is 0 Å². The first-order valence-electron chi connectivity index (χ1n) is 7.14. The summed E-state index contributed by atoms with van der Waals surface area (Å²) in [7, 11) is 6.08. The third-order valence-corrected chi connectivity index (χ3v) is 4.62. The lowest BCUT2D eigenvalue weighted by atomic mass is 9.93. The van der Waals surface area contributed by atoms with Crippen molar-refractivity contribution in [2.75, 3.05) is 46.5 Å². The van der Waals surface area contributed by atoms with Crippen LogP contribution in [-0.2, 0) is 0 Å². The minimum absolute atomic E-state index is 0.239. The van der Waals surface area contributed by atoms with Gasteiger partial charge in [-0.2, -0.15) is 11.8 Å². The molecule has 0 radical (unpaired) electrons. The van der Waals surface area contributed by atoms with E-state index in [1.807, 2.05) is 7.05 Å². The van der Waals surface area contributed by atoms with Gasteiger partial charge in [0.2, 0.25) is 0 Å². The Hall–Kier alpha value is -0.420. The van der Waals surface area contributed by atoms with Crippen molar-refractivity contribution >= 4 is 17.7 Å². The zero-order chi connectivity index (χ0) is 14.3. The minimum atomic E-state index is 0.239. The Morgan fingerprint density at radius 1 is 1.37 bits per heavy atom. The molecule has 0 aliphatic carbocycles. The lowest BCUT2D eigenvalue weighted by molar-refractivity contribution is 0.241. The second kappa shape index (κ2) is 8.00. The van der Waals surface area contributed by atoms with E-state index in [2.05, 4.69) is 60.2 Å². The third kappa shape index (κ3) is 7.06. The molecule has 112 valence electrons. The Morgan fingerprint density at radius 2 is 2.11 bits per heavy atom. The molecule has 0 amide bonds. The number of hydrogen-bond donors (Lipinski definition) is 2. The van der Waals surface area contributed by atoms with Gasteiger partial charge in [-0.05, 0) is 38.1 Å². The average Bonchev–Trinajstić information content (AvgIpc) is 2.80. The SMILES string of the molecule is CN=C(NCC1CCCS1)NCC(C)(C)CN(C)C. The van der Waals surface area contributed by atoms with Crippen LogP contribution in [0, 0.1) is 5.41 Å². The second-order valence-corrected chi connectivity index (χ2v) is 7.75. The van der Waals surface area contributed by atoms with Crippen LogP contribution in [0.3, 0.4) is 0 Å². The first kappa shape index (κ1) is 16.6. The van der Waals surface area contributed by atoms with Crippen molar-refractivity contribution in [3.8, 4) is 0 Å². The molecule has 2 N–H and O–H groups in total. The van der Waals surface area contributed by atoms with Crippen LogP contribution in [0.1, 0.15) is 26.7 Å². The van der Waals surface area contributed by atoms with E-state index in [0.717, 1.165) is 30.8 Å². The Morgan fingerprint density at radius 3 is 2.63 bits per heavy atom. The monoisotopic (exact) mass is 286 g/mol. The maximum Gasteiger partial charge on any atom is 0.191 e. The quantitative estimate of drug-likeness (QED) is 0.575. The van der Waals surface area contributed by atoms with Crippen molar-refractivity contribution in [3.63, 3.8) is 0 Å². The highest BCUT2D eigenvalue weighted by molar-refractivity contribution is 8.00. The molecule has 5 heteroatoms. The maximum atomic E-state index is 4.30. The molecule has 1 heterocycles. The van der Waals surface area contributed by atoms with Crippen LogP contribution in [-0.4, -0.2) is 62.6 Å². The van der Waals surface area contributed by atoms with Crippen molar-refractivity contribution in [1.29, 1.82) is 0 Å². The van der Waals surface area contributed by atoms with Gasteiger partial charge in [-0.15, -0.1) is 0 Å². The van der Waals surface area contributed by atoms with E-state index in [-0.39, 0.29) is 5.41 Å². The highest BCUT2D eigenvalue weighted by Crippen LogP contribution is 2.25. The van der Waals surface area contributed by atoms with Crippen molar-refractivity contribution in [1.82, 2.24) is 15.5 Å². The zero-order valence-corrected chi connectivity index (χ0v) is 13.9. The maximum absolute atomic E-state index is 4.30. The standard InChI is InChI=1S/C14H30N4S/c1-14(2,11-18(4)5)10-17-13(15-3)16-9-12-7-6-8-19-12/h12H,6-11H2,1-5H3,(H2,15,16,17). The Kier molecular flexibility index (Phi) is 7.00. The van der Waals surface area contributed by atoms with Gasteiger partial charge >= 0.3 is 0 Å². The van der Waals surface area contributed by atoms with Gasteiger partial charge in [0.25, 0.3) is 0 Å². The highest BCUT2D eigenvalue weighted by Gasteiger charge is 2.20. The summed E-state index contributed by atoms with van der Waals surface area (Å²) in [6.07, 6.45) is 2.69. The number of guanidine groups is 1. The lowest BCUT2D eigenvalue weighted by Crippen LogP contribution is -2.46. The van der Waals surface area contributed by atoms with Crippen molar-refractivity contribution in [3.05, 3.63) is 0 Å². The van der Waals surface area contributed by atoms with Gasteiger partial charge in [0.15, 0.2) is 5.96 Å². The Bertz CT molecular complexity index is 283. The van der Waals surface area contributed by atoms with Crippen molar-refractivity contribution in [2.24, 2.45) is 10.4 Å². The summed E-state index contributed by atoms with van der Waals surface area (Å²) < 4.78 is 0. The fourth-order valence-electron chi connectivity index (χ4n) is 2.47. The van der Waals surface area contributed by atoms with Gasteiger partial charge in [-0.1, -0.05) is 13.8 Å². The summed E-state index contributed by atoms with van der Waals surface area (Å²) in [5.41, 5.74) is 0.239. The molecule has 0 aromatic carbocycles. The average molecular weight is 286 g/mol. The molecular weight excluding hydrogens is 256 g/mol. The fourth-order valence-corrected chi connectivity index (χ4v) is 3.67. The van der Waals surface area contributed by atoms with Crippen molar-refractivity contribution < 1.29 is 0 Å². The molecule has 0 spiro atoms. The van der Waals surface area contributed by atoms with Crippen LogP contribution < -0.4 is 10.6 Å². The molecule has 1 aliphatic rings. The summed E-state index contributed by atoms with van der Waals surface area (Å²) in [4.78, 5) is 6.53. The Balaban J connectivity index is 2.28. The van der Waals surface area contributed by atoms with Crippen LogP contribution in [0.4, 0.5) is 0 Å². The summed E-state index contributed by atoms with van der Waals surface area (Å²) in [5.74, 6) is 2.24. The smallest absolute Gasteiger partial charge is 0.191 e. The van der Waals surface area contributed by atoms with E-state index in [1.54, 1.807) is 0 Å². The van der Waals surface area contributed by atoms with Crippen LogP contribution in [0.15, 0.2) is 4.99 Å². The van der Waals surface area contributed by atoms with Crippen LogP contribution in [0.5, 0.6) is 0 Å². The van der Waals surface area contributed by atoms with Gasteiger partial charge in [0.05, 0.1) is 0 Å². The number of thioether (sulfide) groups is 1. The molecule has 0 aromatic heterocycles. The fraction of sp³-hybridized carbons (Fsp3) is 0.929. The lowest BCUT2D eigenvalue weighted by Gasteiger charge is -2.29. The Labute approximate surface area is 122 Å². The number of hydrogen-bond acceptors (Lipinski definition) is 3. The summed E-state index contributed by atoms with van der Waals surface area (Å²) in [6, 6.07) is 0. The molecule has 0 saturated carbocycles. The van der Waals surface area contributed by atoms with E-state index in [4.69, 9.17) is 0 Å². The number of nitrogens with zero attached hydrogens (tertiary/aromatic N) is 2. The predicted molar refractivity (Wildman–Crippen MR) is 87.2 cm³/mol. The molecule has 19 heavy (non-hydrogen) atoms. The first-order chi connectivity index (χ1) is 8.93. The summed E-state index contributed by atoms with van der Waals surface area (Å²) >= 11 is 2.07.